The monoisotopic (exact) mass is 206 g/mol. The van der Waals surface area contributed by atoms with E-state index in [0.717, 1.165) is 36.3 Å². The van der Waals surface area contributed by atoms with E-state index in [4.69, 9.17) is 0 Å². The van der Waals surface area contributed by atoms with Crippen molar-refractivity contribution in [2.24, 2.45) is 0 Å². The van der Waals surface area contributed by atoms with Gasteiger partial charge in [-0.2, -0.15) is 0 Å². The lowest BCUT2D eigenvalue weighted by Crippen LogP contribution is -2.22. The van der Waals surface area contributed by atoms with Crippen molar-refractivity contribution in [3.8, 4) is 5.75 Å². The molecule has 1 saturated heterocycles. The fraction of sp³-hybridized carbons (Fsp3) is 0.500. The first-order valence-corrected chi connectivity index (χ1v) is 5.45. The summed E-state index contributed by atoms with van der Waals surface area (Å²) in [6, 6.07) is 4.49. The summed E-state index contributed by atoms with van der Waals surface area (Å²) in [6.45, 7) is 5.96. The van der Waals surface area contributed by atoms with Gasteiger partial charge in [0.05, 0.1) is 0 Å². The molecule has 0 bridgehead atoms. The van der Waals surface area contributed by atoms with Crippen LogP contribution in [0.15, 0.2) is 12.1 Å². The molecule has 1 aromatic rings. The van der Waals surface area contributed by atoms with E-state index in [1.165, 1.54) is 0 Å². The molecule has 3 nitrogen and oxygen atoms in total. The van der Waals surface area contributed by atoms with Crippen molar-refractivity contribution in [2.75, 3.05) is 18.4 Å². The van der Waals surface area contributed by atoms with Crippen LogP contribution in [0.4, 0.5) is 5.69 Å². The van der Waals surface area contributed by atoms with Crippen molar-refractivity contribution in [2.45, 2.75) is 26.3 Å². The molecule has 0 radical (unpaired) electrons. The Morgan fingerprint density at radius 1 is 1.40 bits per heavy atom. The van der Waals surface area contributed by atoms with Crippen LogP contribution >= 0.6 is 0 Å². The first kappa shape index (κ1) is 10.3. The molecule has 82 valence electrons. The molecule has 15 heavy (non-hydrogen) atoms. The van der Waals surface area contributed by atoms with Crippen LogP contribution < -0.4 is 10.6 Å². The molecule has 3 heteroatoms. The van der Waals surface area contributed by atoms with Gasteiger partial charge in [0.25, 0.3) is 0 Å². The van der Waals surface area contributed by atoms with Gasteiger partial charge in [-0.1, -0.05) is 6.07 Å². The van der Waals surface area contributed by atoms with Crippen LogP contribution in [0, 0.1) is 13.8 Å². The Hall–Kier alpha value is -1.22. The summed E-state index contributed by atoms with van der Waals surface area (Å²) in [5.41, 5.74) is 2.93. The summed E-state index contributed by atoms with van der Waals surface area (Å²) in [6.07, 6.45) is 1.15. The number of benzene rings is 1. The normalized spacial score (nSPS) is 20.5. The van der Waals surface area contributed by atoms with Gasteiger partial charge in [-0.15, -0.1) is 0 Å². The lowest BCUT2D eigenvalue weighted by atomic mass is 10.1. The molecule has 0 spiro atoms. The molecule has 0 amide bonds. The van der Waals surface area contributed by atoms with Gasteiger partial charge >= 0.3 is 0 Å². The number of aromatic hydroxyl groups is 1. The Morgan fingerprint density at radius 2 is 2.20 bits per heavy atom. The van der Waals surface area contributed by atoms with Gasteiger partial charge in [0.15, 0.2) is 0 Å². The zero-order valence-electron chi connectivity index (χ0n) is 9.30. The maximum Gasteiger partial charge on any atom is 0.123 e. The Labute approximate surface area is 90.5 Å². The maximum absolute atomic E-state index is 9.81. The average Bonchev–Trinajstić information content (AvgIpc) is 2.72. The van der Waals surface area contributed by atoms with Crippen molar-refractivity contribution in [1.82, 2.24) is 5.32 Å². The lowest BCUT2D eigenvalue weighted by molar-refractivity contribution is 0.467. The van der Waals surface area contributed by atoms with Gasteiger partial charge in [-0.05, 0) is 38.4 Å². The summed E-state index contributed by atoms with van der Waals surface area (Å²) in [4.78, 5) is 0. The second-order valence-corrected chi connectivity index (χ2v) is 4.24. The van der Waals surface area contributed by atoms with E-state index >= 15 is 0 Å². The largest absolute Gasteiger partial charge is 0.507 e. The van der Waals surface area contributed by atoms with E-state index in [1.54, 1.807) is 0 Å². The van der Waals surface area contributed by atoms with Gasteiger partial charge in [0.1, 0.15) is 5.75 Å². The predicted molar refractivity (Wildman–Crippen MR) is 62.5 cm³/mol. The van der Waals surface area contributed by atoms with Gasteiger partial charge in [0.2, 0.25) is 0 Å². The van der Waals surface area contributed by atoms with Crippen LogP contribution in [0.1, 0.15) is 17.5 Å². The van der Waals surface area contributed by atoms with Crippen molar-refractivity contribution >= 4 is 5.69 Å². The molecule has 2 rings (SSSR count). The van der Waals surface area contributed by atoms with Crippen LogP contribution in [0.3, 0.4) is 0 Å². The summed E-state index contributed by atoms with van der Waals surface area (Å²) in [7, 11) is 0. The molecule has 3 N–H and O–H groups in total. The highest BCUT2D eigenvalue weighted by Gasteiger charge is 2.15. The summed E-state index contributed by atoms with van der Waals surface area (Å²) in [5.74, 6) is 0.408. The molecular weight excluding hydrogens is 188 g/mol. The molecule has 1 aliphatic heterocycles. The Morgan fingerprint density at radius 3 is 2.87 bits per heavy atom. The molecule has 0 aliphatic carbocycles. The molecule has 0 aromatic heterocycles. The number of nitrogens with one attached hydrogen (secondary N) is 2. The third-order valence-corrected chi connectivity index (χ3v) is 3.05. The highest BCUT2D eigenvalue weighted by atomic mass is 16.3. The van der Waals surface area contributed by atoms with E-state index < -0.39 is 0 Å². The van der Waals surface area contributed by atoms with Crippen molar-refractivity contribution in [1.29, 1.82) is 0 Å². The molecule has 1 unspecified atom stereocenters. The van der Waals surface area contributed by atoms with Gasteiger partial charge in [-0.3, -0.25) is 0 Å². The third-order valence-electron chi connectivity index (χ3n) is 3.05. The number of rotatable bonds is 2. The zero-order chi connectivity index (χ0) is 10.8. The van der Waals surface area contributed by atoms with Gasteiger partial charge < -0.3 is 15.7 Å². The number of phenols is 1. The Balaban J connectivity index is 2.17. The molecule has 1 atom stereocenters. The fourth-order valence-corrected chi connectivity index (χ4v) is 1.99. The highest BCUT2D eigenvalue weighted by Crippen LogP contribution is 2.28. The standard InChI is InChI=1S/C12H18N2O/c1-8-3-4-11(9(2)12(8)15)14-10-5-6-13-7-10/h3-4,10,13-15H,5-7H2,1-2H3. The third kappa shape index (κ3) is 2.07. The fourth-order valence-electron chi connectivity index (χ4n) is 1.99. The minimum Gasteiger partial charge on any atom is -0.507 e. The topological polar surface area (TPSA) is 44.3 Å². The van der Waals surface area contributed by atoms with Crippen LogP contribution in [0.5, 0.6) is 5.75 Å². The second-order valence-electron chi connectivity index (χ2n) is 4.24. The number of hydrogen-bond donors (Lipinski definition) is 3. The van der Waals surface area contributed by atoms with E-state index in [2.05, 4.69) is 10.6 Å². The van der Waals surface area contributed by atoms with E-state index in [-0.39, 0.29) is 0 Å². The molecule has 1 heterocycles. The van der Waals surface area contributed by atoms with Crippen LogP contribution in [-0.2, 0) is 0 Å². The van der Waals surface area contributed by atoms with E-state index in [9.17, 15) is 5.11 Å². The number of phenolic OH excluding ortho intramolecular Hbond substituents is 1. The maximum atomic E-state index is 9.81. The summed E-state index contributed by atoms with van der Waals surface area (Å²) < 4.78 is 0. The Bertz CT molecular complexity index is 357. The second kappa shape index (κ2) is 4.11. The predicted octanol–water partition coefficient (Wildman–Crippen LogP) is 1.78. The van der Waals surface area contributed by atoms with Crippen LogP contribution in [-0.4, -0.2) is 24.2 Å². The quantitative estimate of drug-likeness (QED) is 0.691. The van der Waals surface area contributed by atoms with Gasteiger partial charge in [0, 0.05) is 23.8 Å². The molecule has 1 aromatic carbocycles. The van der Waals surface area contributed by atoms with E-state index in [0.29, 0.717) is 11.8 Å². The number of aryl methyl sites for hydroxylation is 1. The molecular formula is C12H18N2O. The minimum absolute atomic E-state index is 0.408. The van der Waals surface area contributed by atoms with Crippen LogP contribution in [0.2, 0.25) is 0 Å². The zero-order valence-corrected chi connectivity index (χ0v) is 9.30. The van der Waals surface area contributed by atoms with Crippen LogP contribution in [0.25, 0.3) is 0 Å². The minimum atomic E-state index is 0.408. The first-order chi connectivity index (χ1) is 7.18. The summed E-state index contributed by atoms with van der Waals surface area (Å²) >= 11 is 0. The number of hydrogen-bond acceptors (Lipinski definition) is 3. The highest BCUT2D eigenvalue weighted by molar-refractivity contribution is 5.59. The SMILES string of the molecule is Cc1ccc(NC2CCNC2)c(C)c1O. The average molecular weight is 206 g/mol. The lowest BCUT2D eigenvalue weighted by Gasteiger charge is -2.16. The smallest absolute Gasteiger partial charge is 0.123 e. The number of anilines is 1. The summed E-state index contributed by atoms with van der Waals surface area (Å²) in [5, 5.41) is 16.6. The van der Waals surface area contributed by atoms with Crippen molar-refractivity contribution in [3.05, 3.63) is 23.3 Å². The molecule has 0 saturated carbocycles. The van der Waals surface area contributed by atoms with Crippen molar-refractivity contribution in [3.63, 3.8) is 0 Å². The molecule has 1 fully saturated rings. The van der Waals surface area contributed by atoms with E-state index in [1.807, 2.05) is 26.0 Å². The van der Waals surface area contributed by atoms with Gasteiger partial charge in [-0.25, -0.2) is 0 Å². The Kier molecular flexibility index (Phi) is 2.82. The first-order valence-electron chi connectivity index (χ1n) is 5.45. The molecule has 1 aliphatic rings. The van der Waals surface area contributed by atoms with Crippen molar-refractivity contribution < 1.29 is 5.11 Å².